The summed E-state index contributed by atoms with van der Waals surface area (Å²) < 4.78 is 0. The highest BCUT2D eigenvalue weighted by atomic mass is 14.6. The summed E-state index contributed by atoms with van der Waals surface area (Å²) in [6.45, 7) is 4.98. The highest BCUT2D eigenvalue weighted by Gasteiger charge is 2.58. The molecule has 0 aromatic heterocycles. The Labute approximate surface area is 75.7 Å². The van der Waals surface area contributed by atoms with Crippen molar-refractivity contribution in [1.82, 2.24) is 0 Å². The molecule has 0 amide bonds. The molecule has 68 valence electrons. The maximum absolute atomic E-state index is 2.51. The maximum atomic E-state index is 2.51. The van der Waals surface area contributed by atoms with E-state index in [4.69, 9.17) is 0 Å². The lowest BCUT2D eigenvalue weighted by Gasteiger charge is -2.65. The van der Waals surface area contributed by atoms with E-state index in [2.05, 4.69) is 13.8 Å². The van der Waals surface area contributed by atoms with E-state index in [1.54, 1.807) is 19.3 Å². The summed E-state index contributed by atoms with van der Waals surface area (Å²) >= 11 is 0. The largest absolute Gasteiger partial charge is 0.0622 e. The summed E-state index contributed by atoms with van der Waals surface area (Å²) in [4.78, 5) is 0. The van der Waals surface area contributed by atoms with Gasteiger partial charge in [-0.1, -0.05) is 20.3 Å². The highest BCUT2D eigenvalue weighted by Crippen LogP contribution is 2.65. The molecule has 12 heavy (non-hydrogen) atoms. The van der Waals surface area contributed by atoms with Gasteiger partial charge < -0.3 is 0 Å². The van der Waals surface area contributed by atoms with Crippen molar-refractivity contribution >= 4 is 0 Å². The van der Waals surface area contributed by atoms with Crippen LogP contribution in [-0.2, 0) is 0 Å². The molecule has 0 spiro atoms. The van der Waals surface area contributed by atoms with Crippen LogP contribution in [0.15, 0.2) is 0 Å². The first-order chi connectivity index (χ1) is 5.79. The Balaban J connectivity index is 1.79. The number of hydrogen-bond donors (Lipinski definition) is 0. The SMILES string of the molecule is CC1C2C(CC[C@@H]1C)C1CC[C@@H]12. The predicted octanol–water partition coefficient (Wildman–Crippen LogP) is 3.32. The number of fused-ring (bicyclic) bond motifs is 4. The summed E-state index contributed by atoms with van der Waals surface area (Å²) in [5, 5.41) is 0. The van der Waals surface area contributed by atoms with Gasteiger partial charge in [0.25, 0.3) is 0 Å². The molecular formula is C12H20. The van der Waals surface area contributed by atoms with Crippen LogP contribution in [0, 0.1) is 35.5 Å². The second-order valence-electron chi connectivity index (χ2n) is 5.56. The van der Waals surface area contributed by atoms with Crippen molar-refractivity contribution < 1.29 is 0 Å². The monoisotopic (exact) mass is 164 g/mol. The first-order valence-electron chi connectivity index (χ1n) is 5.79. The van der Waals surface area contributed by atoms with Gasteiger partial charge in [-0.2, -0.15) is 0 Å². The van der Waals surface area contributed by atoms with Crippen LogP contribution < -0.4 is 0 Å². The molecular weight excluding hydrogens is 144 g/mol. The summed E-state index contributed by atoms with van der Waals surface area (Å²) in [5.41, 5.74) is 0. The molecule has 0 heteroatoms. The summed E-state index contributed by atoms with van der Waals surface area (Å²) in [6, 6.07) is 0. The minimum Gasteiger partial charge on any atom is -0.0622 e. The molecule has 0 aromatic carbocycles. The average Bonchev–Trinajstić information content (AvgIpc) is 2.01. The van der Waals surface area contributed by atoms with E-state index in [1.807, 2.05) is 0 Å². The van der Waals surface area contributed by atoms with E-state index < -0.39 is 0 Å². The third-order valence-corrected chi connectivity index (χ3v) is 5.38. The lowest BCUT2D eigenvalue weighted by atomic mass is 9.40. The molecule has 3 fully saturated rings. The minimum absolute atomic E-state index is 1.02. The number of hydrogen-bond acceptors (Lipinski definition) is 0. The lowest BCUT2D eigenvalue weighted by Crippen LogP contribution is -2.58. The van der Waals surface area contributed by atoms with Gasteiger partial charge in [0.05, 0.1) is 0 Å². The molecule has 0 nitrogen and oxygen atoms in total. The second kappa shape index (κ2) is 2.27. The van der Waals surface area contributed by atoms with E-state index in [-0.39, 0.29) is 0 Å². The molecule has 0 bridgehead atoms. The maximum Gasteiger partial charge on any atom is -0.0324 e. The molecule has 3 aliphatic rings. The fraction of sp³-hybridized carbons (Fsp3) is 1.00. The van der Waals surface area contributed by atoms with Crippen LogP contribution in [0.1, 0.15) is 39.5 Å². The van der Waals surface area contributed by atoms with Crippen molar-refractivity contribution in [3.8, 4) is 0 Å². The normalized spacial score (nSPS) is 62.5. The minimum atomic E-state index is 1.02. The topological polar surface area (TPSA) is 0 Å². The Hall–Kier alpha value is 0. The van der Waals surface area contributed by atoms with Crippen molar-refractivity contribution in [2.24, 2.45) is 35.5 Å². The molecule has 0 heterocycles. The average molecular weight is 164 g/mol. The zero-order chi connectivity index (χ0) is 8.29. The van der Waals surface area contributed by atoms with E-state index in [9.17, 15) is 0 Å². The van der Waals surface area contributed by atoms with Gasteiger partial charge in [-0.05, 0) is 54.8 Å². The Morgan fingerprint density at radius 1 is 0.750 bits per heavy atom. The third-order valence-electron chi connectivity index (χ3n) is 5.38. The molecule has 0 radical (unpaired) electrons. The molecule has 0 aliphatic heterocycles. The van der Waals surface area contributed by atoms with E-state index >= 15 is 0 Å². The van der Waals surface area contributed by atoms with Crippen LogP contribution in [0.4, 0.5) is 0 Å². The molecule has 3 aliphatic carbocycles. The zero-order valence-electron chi connectivity index (χ0n) is 8.29. The first-order valence-corrected chi connectivity index (χ1v) is 5.79. The molecule has 0 N–H and O–H groups in total. The molecule has 0 saturated heterocycles. The highest BCUT2D eigenvalue weighted by molar-refractivity contribution is 5.06. The summed E-state index contributed by atoms with van der Waals surface area (Å²) in [7, 11) is 0. The van der Waals surface area contributed by atoms with Gasteiger partial charge in [0.1, 0.15) is 0 Å². The van der Waals surface area contributed by atoms with Crippen molar-refractivity contribution in [2.45, 2.75) is 39.5 Å². The van der Waals surface area contributed by atoms with E-state index in [0.29, 0.717) is 0 Å². The lowest BCUT2D eigenvalue weighted by molar-refractivity contribution is -0.160. The van der Waals surface area contributed by atoms with E-state index in [0.717, 1.165) is 17.8 Å². The summed E-state index contributed by atoms with van der Waals surface area (Å²) in [6.07, 6.45) is 6.23. The van der Waals surface area contributed by atoms with Crippen molar-refractivity contribution in [1.29, 1.82) is 0 Å². The van der Waals surface area contributed by atoms with Crippen molar-refractivity contribution in [2.75, 3.05) is 0 Å². The quantitative estimate of drug-likeness (QED) is 0.515. The fourth-order valence-electron chi connectivity index (χ4n) is 4.30. The van der Waals surface area contributed by atoms with Gasteiger partial charge in [-0.25, -0.2) is 0 Å². The molecule has 6 atom stereocenters. The Kier molecular flexibility index (Phi) is 1.40. The predicted molar refractivity (Wildman–Crippen MR) is 50.8 cm³/mol. The van der Waals surface area contributed by atoms with Gasteiger partial charge >= 0.3 is 0 Å². The van der Waals surface area contributed by atoms with E-state index in [1.165, 1.54) is 24.2 Å². The number of rotatable bonds is 0. The van der Waals surface area contributed by atoms with Crippen LogP contribution in [0.25, 0.3) is 0 Å². The third kappa shape index (κ3) is 0.701. The first kappa shape index (κ1) is 7.41. The van der Waals surface area contributed by atoms with Crippen LogP contribution in [-0.4, -0.2) is 0 Å². The van der Waals surface area contributed by atoms with Crippen molar-refractivity contribution in [3.63, 3.8) is 0 Å². The fourth-order valence-corrected chi connectivity index (χ4v) is 4.30. The Morgan fingerprint density at radius 3 is 1.92 bits per heavy atom. The van der Waals surface area contributed by atoms with Gasteiger partial charge in [-0.3, -0.25) is 0 Å². The smallest absolute Gasteiger partial charge is 0.0324 e. The van der Waals surface area contributed by atoms with Gasteiger partial charge in [-0.15, -0.1) is 0 Å². The van der Waals surface area contributed by atoms with Crippen LogP contribution in [0.2, 0.25) is 0 Å². The molecule has 0 aromatic rings. The molecule has 3 rings (SSSR count). The molecule has 3 saturated carbocycles. The standard InChI is InChI=1S/C12H20/c1-7-3-4-10-9-5-6-11(9)12(10)8(7)2/h7-12H,3-6H2,1-2H3/t7-,8?,9?,10?,11-,12?/m0/s1. The van der Waals surface area contributed by atoms with Crippen molar-refractivity contribution in [3.05, 3.63) is 0 Å². The zero-order valence-corrected chi connectivity index (χ0v) is 8.29. The van der Waals surface area contributed by atoms with Crippen LogP contribution >= 0.6 is 0 Å². The Bertz CT molecular complexity index is 192. The van der Waals surface area contributed by atoms with Gasteiger partial charge in [0, 0.05) is 0 Å². The van der Waals surface area contributed by atoms with Crippen LogP contribution in [0.3, 0.4) is 0 Å². The second-order valence-corrected chi connectivity index (χ2v) is 5.56. The summed E-state index contributed by atoms with van der Waals surface area (Å²) in [5.74, 6) is 6.79. The van der Waals surface area contributed by atoms with Crippen LogP contribution in [0.5, 0.6) is 0 Å². The van der Waals surface area contributed by atoms with Gasteiger partial charge in [0.15, 0.2) is 0 Å². The molecule has 4 unspecified atom stereocenters. The van der Waals surface area contributed by atoms with Gasteiger partial charge in [0.2, 0.25) is 0 Å². The Morgan fingerprint density at radius 2 is 1.33 bits per heavy atom.